The Morgan fingerprint density at radius 2 is 2.10 bits per heavy atom. The Balaban J connectivity index is 2.49. The van der Waals surface area contributed by atoms with E-state index in [0.29, 0.717) is 6.04 Å². The van der Waals surface area contributed by atoms with Crippen molar-refractivity contribution in [3.05, 3.63) is 0 Å². The van der Waals surface area contributed by atoms with Crippen molar-refractivity contribution >= 4 is 5.91 Å². The summed E-state index contributed by atoms with van der Waals surface area (Å²) in [7, 11) is 2.20. The maximum Gasteiger partial charge on any atom is 0.237 e. The molecule has 1 fully saturated rings. The van der Waals surface area contributed by atoms with Crippen molar-refractivity contribution in [2.75, 3.05) is 39.8 Å². The Kier molecular flexibility index (Phi) is 6.92. The van der Waals surface area contributed by atoms with E-state index in [4.69, 9.17) is 5.73 Å². The molecule has 5 nitrogen and oxygen atoms in total. The molecule has 1 saturated heterocycles. The molecule has 0 aromatic carbocycles. The summed E-state index contributed by atoms with van der Waals surface area (Å²) in [6.45, 7) is 11.3. The number of rotatable bonds is 8. The van der Waals surface area contributed by atoms with E-state index in [9.17, 15) is 4.79 Å². The van der Waals surface area contributed by atoms with Gasteiger partial charge >= 0.3 is 0 Å². The molecule has 1 heterocycles. The van der Waals surface area contributed by atoms with Gasteiger partial charge in [0.25, 0.3) is 0 Å². The van der Waals surface area contributed by atoms with Crippen LogP contribution in [-0.2, 0) is 4.79 Å². The van der Waals surface area contributed by atoms with E-state index in [-0.39, 0.29) is 5.91 Å². The summed E-state index contributed by atoms with van der Waals surface area (Å²) in [6, 6.07) is 0.632. The topological polar surface area (TPSA) is 61.6 Å². The Bertz CT molecular complexity index is 310. The van der Waals surface area contributed by atoms with Gasteiger partial charge in [-0.25, -0.2) is 0 Å². The zero-order valence-electron chi connectivity index (χ0n) is 13.6. The Hall–Kier alpha value is -0.650. The van der Waals surface area contributed by atoms with Crippen LogP contribution >= 0.6 is 0 Å². The summed E-state index contributed by atoms with van der Waals surface area (Å²) in [5.41, 5.74) is 4.99. The minimum atomic E-state index is -0.582. The number of likely N-dealkylation sites (N-methyl/N-ethyl adjacent to an activating group) is 1. The summed E-state index contributed by atoms with van der Waals surface area (Å²) in [5.74, 6) is -0.243. The van der Waals surface area contributed by atoms with E-state index >= 15 is 0 Å². The fraction of sp³-hybridized carbons (Fsp3) is 0.933. The van der Waals surface area contributed by atoms with E-state index in [0.717, 1.165) is 45.6 Å². The smallest absolute Gasteiger partial charge is 0.237 e. The van der Waals surface area contributed by atoms with Gasteiger partial charge in [0.1, 0.15) is 0 Å². The molecule has 0 aromatic rings. The molecule has 0 bridgehead atoms. The highest BCUT2D eigenvalue weighted by Crippen LogP contribution is 2.15. The van der Waals surface area contributed by atoms with Gasteiger partial charge in [0.05, 0.1) is 5.54 Å². The van der Waals surface area contributed by atoms with Crippen LogP contribution in [0.3, 0.4) is 0 Å². The van der Waals surface area contributed by atoms with E-state index in [2.05, 4.69) is 36.0 Å². The molecule has 2 atom stereocenters. The number of carbonyl (C=O) groups is 1. The molecule has 0 spiro atoms. The number of primary amides is 1. The lowest BCUT2D eigenvalue weighted by atomic mass is 9.96. The third kappa shape index (κ3) is 4.72. The average Bonchev–Trinajstić information content (AvgIpc) is 2.44. The molecule has 0 aromatic heterocycles. The molecule has 0 radical (unpaired) electrons. The number of carbonyl (C=O) groups excluding carboxylic acids is 1. The molecule has 3 N–H and O–H groups in total. The number of piperazine rings is 1. The fourth-order valence-corrected chi connectivity index (χ4v) is 2.74. The Morgan fingerprint density at radius 1 is 1.40 bits per heavy atom. The number of nitrogens with one attached hydrogen (secondary N) is 1. The van der Waals surface area contributed by atoms with Crippen molar-refractivity contribution in [1.29, 1.82) is 0 Å². The first-order chi connectivity index (χ1) is 9.42. The highest BCUT2D eigenvalue weighted by molar-refractivity contribution is 5.84. The van der Waals surface area contributed by atoms with E-state index in [1.807, 2.05) is 6.92 Å². The van der Waals surface area contributed by atoms with Crippen LogP contribution in [0.4, 0.5) is 0 Å². The van der Waals surface area contributed by atoms with Gasteiger partial charge in [-0.3, -0.25) is 4.79 Å². The van der Waals surface area contributed by atoms with Crippen molar-refractivity contribution in [2.24, 2.45) is 5.73 Å². The summed E-state index contributed by atoms with van der Waals surface area (Å²) < 4.78 is 0. The van der Waals surface area contributed by atoms with Gasteiger partial charge in [0, 0.05) is 32.2 Å². The van der Waals surface area contributed by atoms with Crippen LogP contribution in [0.25, 0.3) is 0 Å². The number of nitrogens with zero attached hydrogens (tertiary/aromatic N) is 2. The second-order valence-electron chi connectivity index (χ2n) is 6.22. The van der Waals surface area contributed by atoms with E-state index in [1.54, 1.807) is 0 Å². The molecule has 1 aliphatic heterocycles. The van der Waals surface area contributed by atoms with E-state index in [1.165, 1.54) is 6.42 Å². The molecule has 1 rings (SSSR count). The molecule has 5 heteroatoms. The number of nitrogens with two attached hydrogens (primary N) is 1. The molecule has 1 amide bonds. The first-order valence-electron chi connectivity index (χ1n) is 7.90. The summed E-state index contributed by atoms with van der Waals surface area (Å²) >= 11 is 0. The molecule has 20 heavy (non-hydrogen) atoms. The second-order valence-corrected chi connectivity index (χ2v) is 6.22. The normalized spacial score (nSPS) is 24.5. The standard InChI is InChI=1S/C15H32N4O/c1-5-8-17-15(3,14(16)20)7-9-19-11-10-18(4)13(6-2)12-19/h13,17H,5-12H2,1-4H3,(H2,16,20). The Labute approximate surface area is 123 Å². The predicted molar refractivity (Wildman–Crippen MR) is 83.7 cm³/mol. The van der Waals surface area contributed by atoms with Gasteiger partial charge < -0.3 is 20.9 Å². The van der Waals surface area contributed by atoms with Gasteiger partial charge in [-0.1, -0.05) is 13.8 Å². The largest absolute Gasteiger partial charge is 0.368 e. The number of hydrogen-bond acceptors (Lipinski definition) is 4. The van der Waals surface area contributed by atoms with Gasteiger partial charge in [-0.05, 0) is 39.8 Å². The Morgan fingerprint density at radius 3 is 2.65 bits per heavy atom. The highest BCUT2D eigenvalue weighted by Gasteiger charge is 2.31. The van der Waals surface area contributed by atoms with Crippen LogP contribution in [0.5, 0.6) is 0 Å². The number of hydrogen-bond donors (Lipinski definition) is 2. The lowest BCUT2D eigenvalue weighted by Gasteiger charge is -2.40. The maximum atomic E-state index is 11.7. The highest BCUT2D eigenvalue weighted by atomic mass is 16.1. The van der Waals surface area contributed by atoms with Crippen LogP contribution in [0.1, 0.15) is 40.0 Å². The third-order valence-corrected chi connectivity index (χ3v) is 4.57. The summed E-state index contributed by atoms with van der Waals surface area (Å²) in [5, 5.41) is 3.31. The minimum absolute atomic E-state index is 0.243. The van der Waals surface area contributed by atoms with Crippen LogP contribution in [-0.4, -0.2) is 67.1 Å². The van der Waals surface area contributed by atoms with Gasteiger partial charge in [-0.2, -0.15) is 0 Å². The van der Waals surface area contributed by atoms with Gasteiger partial charge in [-0.15, -0.1) is 0 Å². The zero-order valence-corrected chi connectivity index (χ0v) is 13.6. The summed E-state index contributed by atoms with van der Waals surface area (Å²) in [6.07, 6.45) is 2.96. The van der Waals surface area contributed by atoms with Crippen molar-refractivity contribution in [3.63, 3.8) is 0 Å². The van der Waals surface area contributed by atoms with Crippen LogP contribution in [0.15, 0.2) is 0 Å². The van der Waals surface area contributed by atoms with Gasteiger partial charge in [0.2, 0.25) is 5.91 Å². The maximum absolute atomic E-state index is 11.7. The monoisotopic (exact) mass is 284 g/mol. The van der Waals surface area contributed by atoms with Gasteiger partial charge in [0.15, 0.2) is 0 Å². The molecule has 118 valence electrons. The first kappa shape index (κ1) is 17.4. The van der Waals surface area contributed by atoms with Crippen LogP contribution < -0.4 is 11.1 Å². The molecule has 1 aliphatic rings. The number of amides is 1. The lowest BCUT2D eigenvalue weighted by molar-refractivity contribution is -0.124. The molecular formula is C15H32N4O. The quantitative estimate of drug-likeness (QED) is 0.687. The fourth-order valence-electron chi connectivity index (χ4n) is 2.74. The SMILES string of the molecule is CCCNC(C)(CCN1CCN(C)C(CC)C1)C(N)=O. The average molecular weight is 284 g/mol. The van der Waals surface area contributed by atoms with Crippen molar-refractivity contribution in [2.45, 2.75) is 51.6 Å². The molecule has 2 unspecified atom stereocenters. The first-order valence-corrected chi connectivity index (χ1v) is 7.90. The molecule has 0 saturated carbocycles. The predicted octanol–water partition coefficient (Wildman–Crippen LogP) is 0.646. The minimum Gasteiger partial charge on any atom is -0.368 e. The lowest BCUT2D eigenvalue weighted by Crippen LogP contribution is -2.57. The van der Waals surface area contributed by atoms with Crippen molar-refractivity contribution in [1.82, 2.24) is 15.1 Å². The van der Waals surface area contributed by atoms with Crippen molar-refractivity contribution in [3.8, 4) is 0 Å². The third-order valence-electron chi connectivity index (χ3n) is 4.57. The summed E-state index contributed by atoms with van der Waals surface area (Å²) in [4.78, 5) is 16.6. The molecular weight excluding hydrogens is 252 g/mol. The van der Waals surface area contributed by atoms with E-state index < -0.39 is 5.54 Å². The van der Waals surface area contributed by atoms with Crippen LogP contribution in [0, 0.1) is 0 Å². The zero-order chi connectivity index (χ0) is 15.2. The van der Waals surface area contributed by atoms with Crippen molar-refractivity contribution < 1.29 is 4.79 Å². The van der Waals surface area contributed by atoms with Crippen LogP contribution in [0.2, 0.25) is 0 Å². The molecule has 0 aliphatic carbocycles. The second kappa shape index (κ2) is 7.96.